The van der Waals surface area contributed by atoms with Crippen LogP contribution in [-0.2, 0) is 14.8 Å². The van der Waals surface area contributed by atoms with Crippen LogP contribution in [0.25, 0.3) is 0 Å². The van der Waals surface area contributed by atoms with Crippen molar-refractivity contribution in [2.75, 3.05) is 0 Å². The zero-order valence-electron chi connectivity index (χ0n) is 11.2. The van der Waals surface area contributed by atoms with Gasteiger partial charge < -0.3 is 10.1 Å². The number of aromatic nitrogens is 2. The monoisotopic (exact) mass is 289 g/mol. The molecule has 1 atom stereocenters. The van der Waals surface area contributed by atoms with Gasteiger partial charge in [0.2, 0.25) is 0 Å². The third-order valence-electron chi connectivity index (χ3n) is 2.36. The second-order valence-corrected chi connectivity index (χ2v) is 7.28. The number of nitrogens with zero attached hydrogens (tertiary/aromatic N) is 1. The molecule has 1 rings (SSSR count). The lowest BCUT2D eigenvalue weighted by Gasteiger charge is -2.25. The zero-order chi connectivity index (χ0) is 14.7. The first kappa shape index (κ1) is 15.6. The van der Waals surface area contributed by atoms with E-state index < -0.39 is 22.0 Å². The summed E-state index contributed by atoms with van der Waals surface area (Å²) >= 11 is 0. The van der Waals surface area contributed by atoms with Gasteiger partial charge in [0.05, 0.1) is 18.9 Å². The summed E-state index contributed by atoms with van der Waals surface area (Å²) in [6.07, 6.45) is 2.60. The summed E-state index contributed by atoms with van der Waals surface area (Å²) in [6.45, 7) is 5.77. The highest BCUT2D eigenvalue weighted by molar-refractivity contribution is 7.89. The van der Waals surface area contributed by atoms with Crippen molar-refractivity contribution in [1.82, 2.24) is 14.7 Å². The van der Waals surface area contributed by atoms with Gasteiger partial charge >= 0.3 is 5.97 Å². The minimum absolute atomic E-state index is 0.0724. The van der Waals surface area contributed by atoms with Crippen LogP contribution >= 0.6 is 0 Å². The van der Waals surface area contributed by atoms with E-state index in [1.54, 1.807) is 0 Å². The quantitative estimate of drug-likeness (QED) is 0.722. The number of carboxylic acid groups (broad SMARTS) is 1. The van der Waals surface area contributed by atoms with E-state index in [9.17, 15) is 13.2 Å². The Morgan fingerprint density at radius 2 is 2.16 bits per heavy atom. The Balaban J connectivity index is 2.85. The molecular weight excluding hydrogens is 270 g/mol. The fourth-order valence-corrected chi connectivity index (χ4v) is 2.92. The van der Waals surface area contributed by atoms with E-state index in [2.05, 4.69) is 14.7 Å². The van der Waals surface area contributed by atoms with E-state index in [0.29, 0.717) is 6.42 Å². The number of rotatable bonds is 6. The van der Waals surface area contributed by atoms with Crippen LogP contribution in [-0.4, -0.2) is 35.5 Å². The number of nitrogens with one attached hydrogen (secondary N) is 2. The fraction of sp³-hybridized carbons (Fsp3) is 0.636. The molecule has 1 unspecified atom stereocenters. The molecule has 7 nitrogen and oxygen atoms in total. The molecule has 3 N–H and O–H groups in total. The van der Waals surface area contributed by atoms with Crippen molar-refractivity contribution in [2.45, 2.75) is 44.7 Å². The number of H-pyrrole nitrogens is 1. The molecular formula is C11H19N3O4S. The lowest BCUT2D eigenvalue weighted by atomic mass is 9.87. The third kappa shape index (κ3) is 5.39. The number of hydrogen-bond donors (Lipinski definition) is 3. The molecule has 1 heterocycles. The number of imidazole rings is 1. The molecule has 8 heteroatoms. The Morgan fingerprint density at radius 1 is 1.53 bits per heavy atom. The Morgan fingerprint density at radius 3 is 2.58 bits per heavy atom. The first-order valence-electron chi connectivity index (χ1n) is 5.83. The third-order valence-corrected chi connectivity index (χ3v) is 3.81. The van der Waals surface area contributed by atoms with Gasteiger partial charge in [-0.1, -0.05) is 20.8 Å². The highest BCUT2D eigenvalue weighted by atomic mass is 32.2. The first-order valence-corrected chi connectivity index (χ1v) is 7.31. The van der Waals surface area contributed by atoms with E-state index >= 15 is 0 Å². The van der Waals surface area contributed by atoms with Gasteiger partial charge in [-0.2, -0.15) is 0 Å². The van der Waals surface area contributed by atoms with E-state index in [1.807, 2.05) is 20.8 Å². The second-order valence-electron chi connectivity index (χ2n) is 5.60. The Hall–Kier alpha value is -1.41. The lowest BCUT2D eigenvalue weighted by Crippen LogP contribution is -2.39. The SMILES string of the molecule is CC(C)(C)CC(CC(=O)O)NS(=O)(=O)c1cnc[nH]1. The molecule has 19 heavy (non-hydrogen) atoms. The second kappa shape index (κ2) is 5.70. The van der Waals surface area contributed by atoms with Crippen molar-refractivity contribution < 1.29 is 18.3 Å². The van der Waals surface area contributed by atoms with Crippen LogP contribution in [0, 0.1) is 5.41 Å². The fourth-order valence-electron chi connectivity index (χ4n) is 1.78. The maximum absolute atomic E-state index is 12.0. The van der Waals surface area contributed by atoms with Crippen LogP contribution in [0.2, 0.25) is 0 Å². The Bertz CT molecular complexity index is 517. The number of sulfonamides is 1. The van der Waals surface area contributed by atoms with Crippen LogP contribution < -0.4 is 4.72 Å². The van der Waals surface area contributed by atoms with Gasteiger partial charge in [-0.3, -0.25) is 4.79 Å². The molecule has 0 amide bonds. The van der Waals surface area contributed by atoms with Gasteiger partial charge in [0.25, 0.3) is 10.0 Å². The van der Waals surface area contributed by atoms with Crippen molar-refractivity contribution in [3.63, 3.8) is 0 Å². The molecule has 0 radical (unpaired) electrons. The minimum atomic E-state index is -3.77. The summed E-state index contributed by atoms with van der Waals surface area (Å²) in [5.41, 5.74) is -0.184. The predicted molar refractivity (Wildman–Crippen MR) is 69.0 cm³/mol. The highest BCUT2D eigenvalue weighted by Crippen LogP contribution is 2.23. The summed E-state index contributed by atoms with van der Waals surface area (Å²) in [5, 5.41) is 8.78. The van der Waals surface area contributed by atoms with Gasteiger partial charge in [-0.25, -0.2) is 18.1 Å². The Kier molecular flexibility index (Phi) is 4.70. The van der Waals surface area contributed by atoms with Crippen LogP contribution in [0.15, 0.2) is 17.6 Å². The van der Waals surface area contributed by atoms with Crippen molar-refractivity contribution in [3.05, 3.63) is 12.5 Å². The summed E-state index contributed by atoms with van der Waals surface area (Å²) < 4.78 is 26.4. The molecule has 0 saturated carbocycles. The first-order chi connectivity index (χ1) is 8.60. The summed E-state index contributed by atoms with van der Waals surface area (Å²) in [6, 6.07) is -0.661. The number of carbonyl (C=O) groups is 1. The van der Waals surface area contributed by atoms with Gasteiger partial charge in [0.15, 0.2) is 5.03 Å². The average molecular weight is 289 g/mol. The van der Waals surface area contributed by atoms with Crippen LogP contribution in [0.1, 0.15) is 33.6 Å². The molecule has 0 fully saturated rings. The van der Waals surface area contributed by atoms with E-state index in [1.165, 1.54) is 12.5 Å². The van der Waals surface area contributed by atoms with Gasteiger partial charge in [-0.05, 0) is 11.8 Å². The molecule has 0 aliphatic heterocycles. The minimum Gasteiger partial charge on any atom is -0.481 e. The average Bonchev–Trinajstić information content (AvgIpc) is 2.64. The molecule has 0 saturated heterocycles. The molecule has 1 aromatic heterocycles. The Labute approximate surface area is 112 Å². The molecule has 0 aliphatic carbocycles. The maximum atomic E-state index is 12.0. The molecule has 0 spiro atoms. The highest BCUT2D eigenvalue weighted by Gasteiger charge is 2.26. The number of aromatic amines is 1. The van der Waals surface area contributed by atoms with Crippen LogP contribution in [0.3, 0.4) is 0 Å². The normalized spacial score (nSPS) is 14.3. The topological polar surface area (TPSA) is 112 Å². The van der Waals surface area contributed by atoms with E-state index in [4.69, 9.17) is 5.11 Å². The van der Waals surface area contributed by atoms with Gasteiger partial charge in [-0.15, -0.1) is 0 Å². The van der Waals surface area contributed by atoms with Crippen LogP contribution in [0.4, 0.5) is 0 Å². The van der Waals surface area contributed by atoms with Crippen molar-refractivity contribution >= 4 is 16.0 Å². The molecule has 0 aliphatic rings. The lowest BCUT2D eigenvalue weighted by molar-refractivity contribution is -0.137. The number of hydrogen-bond acceptors (Lipinski definition) is 4. The molecule has 108 valence electrons. The van der Waals surface area contributed by atoms with Gasteiger partial charge in [0.1, 0.15) is 0 Å². The molecule has 0 aromatic carbocycles. The summed E-state index contributed by atoms with van der Waals surface area (Å²) in [4.78, 5) is 16.9. The van der Waals surface area contributed by atoms with E-state index in [0.717, 1.165) is 0 Å². The van der Waals surface area contributed by atoms with E-state index in [-0.39, 0.29) is 16.9 Å². The van der Waals surface area contributed by atoms with Crippen LogP contribution in [0.5, 0.6) is 0 Å². The number of aliphatic carboxylic acids is 1. The largest absolute Gasteiger partial charge is 0.481 e. The summed E-state index contributed by atoms with van der Waals surface area (Å²) in [5.74, 6) is -1.04. The molecule has 1 aromatic rings. The van der Waals surface area contributed by atoms with Crippen molar-refractivity contribution in [3.8, 4) is 0 Å². The van der Waals surface area contributed by atoms with Crippen molar-refractivity contribution in [2.24, 2.45) is 5.41 Å². The molecule has 0 bridgehead atoms. The maximum Gasteiger partial charge on any atom is 0.304 e. The van der Waals surface area contributed by atoms with Gasteiger partial charge in [0, 0.05) is 6.04 Å². The predicted octanol–water partition coefficient (Wildman–Crippen LogP) is 0.968. The number of carboxylic acids is 1. The summed E-state index contributed by atoms with van der Waals surface area (Å²) in [7, 11) is -3.77. The zero-order valence-corrected chi connectivity index (χ0v) is 12.0. The van der Waals surface area contributed by atoms with Crippen molar-refractivity contribution in [1.29, 1.82) is 0 Å². The standard InChI is InChI=1S/C11H19N3O4S/c1-11(2,3)5-8(4-10(15)16)14-19(17,18)9-6-12-7-13-9/h6-8,14H,4-5H2,1-3H3,(H,12,13)(H,15,16). The smallest absolute Gasteiger partial charge is 0.304 e.